The van der Waals surface area contributed by atoms with E-state index in [4.69, 9.17) is 13.7 Å². The third-order valence-electron chi connectivity index (χ3n) is 1.27. The standard InChI is InChI=1S/C6H16N2O5S/c1-7-3-2-6(9)8-4-5-13-14(10,11)12/h7,10-12H,2-5H2,1H3,(H,8,9). The minimum absolute atomic E-state index is 0.124. The van der Waals surface area contributed by atoms with Crippen LogP contribution in [0.4, 0.5) is 0 Å². The first-order valence-corrected chi connectivity index (χ1v) is 5.45. The van der Waals surface area contributed by atoms with Crippen molar-refractivity contribution in [2.24, 2.45) is 0 Å². The van der Waals surface area contributed by atoms with Gasteiger partial charge in [0, 0.05) is 19.5 Å². The maximum atomic E-state index is 10.9. The zero-order chi connectivity index (χ0) is 11.0. The molecule has 1 amide bonds. The van der Waals surface area contributed by atoms with Gasteiger partial charge in [-0.1, -0.05) is 0 Å². The predicted molar refractivity (Wildman–Crippen MR) is 53.0 cm³/mol. The van der Waals surface area contributed by atoms with Crippen LogP contribution in [0.1, 0.15) is 6.42 Å². The highest BCUT2D eigenvalue weighted by atomic mass is 32.3. The van der Waals surface area contributed by atoms with Crippen LogP contribution >= 0.6 is 11.2 Å². The second kappa shape index (κ2) is 6.98. The molecule has 0 fully saturated rings. The maximum absolute atomic E-state index is 10.9. The van der Waals surface area contributed by atoms with E-state index >= 15 is 0 Å². The molecule has 0 aliphatic carbocycles. The zero-order valence-electron chi connectivity index (χ0n) is 7.89. The van der Waals surface area contributed by atoms with Gasteiger partial charge in [0.15, 0.2) is 0 Å². The summed E-state index contributed by atoms with van der Waals surface area (Å²) in [4.78, 5) is 10.9. The number of hydrogen-bond donors (Lipinski definition) is 5. The molecule has 7 nitrogen and oxygen atoms in total. The molecule has 0 radical (unpaired) electrons. The van der Waals surface area contributed by atoms with Crippen LogP contribution < -0.4 is 10.6 Å². The smallest absolute Gasteiger partial charge is 0.221 e. The Bertz CT molecular complexity index is 172. The third-order valence-corrected chi connectivity index (χ3v) is 1.75. The second-order valence-corrected chi connectivity index (χ2v) is 3.67. The Balaban J connectivity index is 3.32. The Hall–Kier alpha value is -0.380. The highest BCUT2D eigenvalue weighted by Crippen LogP contribution is 2.32. The van der Waals surface area contributed by atoms with Crippen molar-refractivity contribution in [2.75, 3.05) is 26.7 Å². The number of hydrogen-bond acceptors (Lipinski definition) is 6. The zero-order valence-corrected chi connectivity index (χ0v) is 8.71. The van der Waals surface area contributed by atoms with Gasteiger partial charge in [-0.3, -0.25) is 22.6 Å². The molecule has 0 unspecified atom stereocenters. The Labute approximate surface area is 84.2 Å². The van der Waals surface area contributed by atoms with E-state index in [-0.39, 0.29) is 19.1 Å². The topological polar surface area (TPSA) is 111 Å². The van der Waals surface area contributed by atoms with Gasteiger partial charge in [-0.2, -0.15) is 0 Å². The van der Waals surface area contributed by atoms with E-state index in [1.165, 1.54) is 0 Å². The van der Waals surface area contributed by atoms with E-state index in [1.54, 1.807) is 7.05 Å². The molecular weight excluding hydrogens is 212 g/mol. The molecule has 14 heavy (non-hydrogen) atoms. The number of rotatable bonds is 7. The Kier molecular flexibility index (Phi) is 6.79. The van der Waals surface area contributed by atoms with Crippen molar-refractivity contribution in [2.45, 2.75) is 6.42 Å². The average Bonchev–Trinajstić information content (AvgIpc) is 2.07. The molecule has 0 spiro atoms. The van der Waals surface area contributed by atoms with E-state index in [1.807, 2.05) is 0 Å². The Morgan fingerprint density at radius 1 is 1.36 bits per heavy atom. The summed E-state index contributed by atoms with van der Waals surface area (Å²) in [5, 5.41) is 5.27. The molecule has 0 aliphatic heterocycles. The summed E-state index contributed by atoms with van der Waals surface area (Å²) in [5.74, 6) is -0.169. The van der Waals surface area contributed by atoms with Gasteiger partial charge < -0.3 is 10.6 Å². The third kappa shape index (κ3) is 9.71. The molecule has 0 atom stereocenters. The molecule has 86 valence electrons. The highest BCUT2D eigenvalue weighted by molar-refractivity contribution is 8.15. The lowest BCUT2D eigenvalue weighted by molar-refractivity contribution is -0.121. The average molecular weight is 228 g/mol. The van der Waals surface area contributed by atoms with Crippen LogP contribution in [0.25, 0.3) is 0 Å². The Morgan fingerprint density at radius 2 is 2.00 bits per heavy atom. The molecule has 0 aromatic carbocycles. The molecule has 5 N–H and O–H groups in total. The Morgan fingerprint density at radius 3 is 2.50 bits per heavy atom. The van der Waals surface area contributed by atoms with Crippen LogP contribution in [0.15, 0.2) is 0 Å². The highest BCUT2D eigenvalue weighted by Gasteiger charge is 2.11. The van der Waals surface area contributed by atoms with Gasteiger partial charge in [0.2, 0.25) is 17.1 Å². The lowest BCUT2D eigenvalue weighted by atomic mass is 10.4. The maximum Gasteiger partial charge on any atom is 0.221 e. The molecule has 0 aromatic rings. The fourth-order valence-electron chi connectivity index (χ4n) is 0.671. The van der Waals surface area contributed by atoms with E-state index in [2.05, 4.69) is 14.8 Å². The van der Waals surface area contributed by atoms with Gasteiger partial charge >= 0.3 is 0 Å². The van der Waals surface area contributed by atoms with E-state index < -0.39 is 11.2 Å². The van der Waals surface area contributed by atoms with Crippen molar-refractivity contribution >= 4 is 17.1 Å². The van der Waals surface area contributed by atoms with Gasteiger partial charge in [0.1, 0.15) is 0 Å². The fourth-order valence-corrected chi connectivity index (χ4v) is 0.978. The summed E-state index contributed by atoms with van der Waals surface area (Å²) in [6, 6.07) is 0. The van der Waals surface area contributed by atoms with Gasteiger partial charge in [-0.25, -0.2) is 0 Å². The van der Waals surface area contributed by atoms with Crippen LogP contribution in [0.2, 0.25) is 0 Å². The van der Waals surface area contributed by atoms with E-state index in [9.17, 15) is 4.79 Å². The SMILES string of the molecule is CNCCC(=O)NCCOS(O)(O)O. The van der Waals surface area contributed by atoms with Crippen molar-refractivity contribution < 1.29 is 22.6 Å². The molecule has 0 saturated carbocycles. The number of nitrogens with one attached hydrogen (secondary N) is 2. The number of carbonyl (C=O) groups excluding carboxylic acids is 1. The van der Waals surface area contributed by atoms with Gasteiger partial charge in [0.25, 0.3) is 0 Å². The summed E-state index contributed by atoms with van der Waals surface area (Å²) >= 11 is -3.90. The first-order chi connectivity index (χ1) is 6.45. The molecule has 0 aliphatic rings. The minimum Gasteiger partial charge on any atom is -0.354 e. The van der Waals surface area contributed by atoms with Crippen molar-refractivity contribution in [3.8, 4) is 0 Å². The van der Waals surface area contributed by atoms with Crippen LogP contribution in [0.3, 0.4) is 0 Å². The molecule has 8 heteroatoms. The van der Waals surface area contributed by atoms with E-state index in [0.29, 0.717) is 13.0 Å². The lowest BCUT2D eigenvalue weighted by Crippen LogP contribution is -2.29. The number of carbonyl (C=O) groups is 1. The molecule has 0 aromatic heterocycles. The summed E-state index contributed by atoms with van der Waals surface area (Å²) in [6.45, 7) is 0.547. The molecule has 0 saturated heterocycles. The lowest BCUT2D eigenvalue weighted by Gasteiger charge is -2.17. The number of amides is 1. The first kappa shape index (κ1) is 13.6. The van der Waals surface area contributed by atoms with Crippen LogP contribution in [-0.4, -0.2) is 46.3 Å². The minimum atomic E-state index is -3.90. The fraction of sp³-hybridized carbons (Fsp3) is 0.833. The summed E-state index contributed by atoms with van der Waals surface area (Å²) in [7, 11) is 1.73. The quantitative estimate of drug-likeness (QED) is 0.388. The van der Waals surface area contributed by atoms with Crippen molar-refractivity contribution in [3.05, 3.63) is 0 Å². The largest absolute Gasteiger partial charge is 0.354 e. The summed E-state index contributed by atoms with van der Waals surface area (Å²) < 4.78 is 29.3. The monoisotopic (exact) mass is 228 g/mol. The van der Waals surface area contributed by atoms with Crippen LogP contribution in [0.5, 0.6) is 0 Å². The van der Waals surface area contributed by atoms with Crippen LogP contribution in [-0.2, 0) is 8.98 Å². The first-order valence-electron chi connectivity index (χ1n) is 4.02. The normalized spacial score (nSPS) is 12.6. The summed E-state index contributed by atoms with van der Waals surface area (Å²) in [6.07, 6.45) is 0.339. The molecule has 0 bridgehead atoms. The molecule has 0 rings (SSSR count). The van der Waals surface area contributed by atoms with Gasteiger partial charge in [-0.05, 0) is 7.05 Å². The van der Waals surface area contributed by atoms with Gasteiger partial charge in [0.05, 0.1) is 6.61 Å². The summed E-state index contributed by atoms with van der Waals surface area (Å²) in [5.41, 5.74) is 0. The van der Waals surface area contributed by atoms with E-state index in [0.717, 1.165) is 0 Å². The molecular formula is C6H16N2O5S. The van der Waals surface area contributed by atoms with Crippen molar-refractivity contribution in [1.29, 1.82) is 0 Å². The second-order valence-electron chi connectivity index (χ2n) is 2.49. The van der Waals surface area contributed by atoms with Crippen molar-refractivity contribution in [1.82, 2.24) is 10.6 Å². The van der Waals surface area contributed by atoms with Gasteiger partial charge in [-0.15, -0.1) is 0 Å². The van der Waals surface area contributed by atoms with Crippen molar-refractivity contribution in [3.63, 3.8) is 0 Å². The molecule has 0 heterocycles. The predicted octanol–water partition coefficient (Wildman–Crippen LogP) is -0.133. The van der Waals surface area contributed by atoms with Crippen LogP contribution in [0, 0.1) is 0 Å².